The van der Waals surface area contributed by atoms with Crippen LogP contribution in [0.2, 0.25) is 0 Å². The summed E-state index contributed by atoms with van der Waals surface area (Å²) < 4.78 is 12.7. The van der Waals surface area contributed by atoms with Crippen LogP contribution in [0, 0.1) is 0 Å². The Hall–Kier alpha value is -5.80. The highest BCUT2D eigenvalue weighted by Gasteiger charge is 2.19. The molecule has 0 aliphatic carbocycles. The van der Waals surface area contributed by atoms with Crippen LogP contribution < -0.4 is 4.90 Å². The second-order valence-electron chi connectivity index (χ2n) is 10.9. The van der Waals surface area contributed by atoms with Crippen molar-refractivity contribution in [3.8, 4) is 11.1 Å². The van der Waals surface area contributed by atoms with E-state index in [4.69, 9.17) is 8.83 Å². The van der Waals surface area contributed by atoms with Gasteiger partial charge in [-0.3, -0.25) is 0 Å². The molecule has 0 amide bonds. The van der Waals surface area contributed by atoms with Crippen LogP contribution in [0.25, 0.3) is 65.8 Å². The van der Waals surface area contributed by atoms with Crippen LogP contribution in [0.5, 0.6) is 0 Å². The predicted molar refractivity (Wildman–Crippen MR) is 179 cm³/mol. The molecule has 9 rings (SSSR count). The summed E-state index contributed by atoms with van der Waals surface area (Å²) in [5.41, 5.74) is 9.11. The number of anilines is 3. The molecular weight excluding hydrogens is 526 g/mol. The molecule has 0 saturated carbocycles. The zero-order valence-corrected chi connectivity index (χ0v) is 23.2. The maximum Gasteiger partial charge on any atom is 0.136 e. The smallest absolute Gasteiger partial charge is 0.136 e. The number of hydrogen-bond acceptors (Lipinski definition) is 3. The van der Waals surface area contributed by atoms with Crippen molar-refractivity contribution >= 4 is 71.7 Å². The van der Waals surface area contributed by atoms with Gasteiger partial charge in [0.2, 0.25) is 0 Å². The summed E-state index contributed by atoms with van der Waals surface area (Å²) in [6, 6.07) is 53.1. The summed E-state index contributed by atoms with van der Waals surface area (Å²) in [4.78, 5) is 2.31. The Morgan fingerprint density at radius 2 is 0.907 bits per heavy atom. The molecule has 3 heteroatoms. The molecule has 0 N–H and O–H groups in total. The second kappa shape index (κ2) is 9.37. The Labute approximate surface area is 247 Å². The number of nitrogens with zero attached hydrogens (tertiary/aromatic N) is 1. The molecule has 202 valence electrons. The average molecular weight is 552 g/mol. The van der Waals surface area contributed by atoms with E-state index in [1.54, 1.807) is 0 Å². The molecule has 3 nitrogen and oxygen atoms in total. The minimum Gasteiger partial charge on any atom is -0.456 e. The fourth-order valence-electron chi connectivity index (χ4n) is 6.50. The van der Waals surface area contributed by atoms with E-state index in [0.717, 1.165) is 60.9 Å². The highest BCUT2D eigenvalue weighted by Crippen LogP contribution is 2.44. The number of rotatable bonds is 4. The van der Waals surface area contributed by atoms with Gasteiger partial charge in [-0.25, -0.2) is 0 Å². The second-order valence-corrected chi connectivity index (χ2v) is 10.9. The molecule has 0 spiro atoms. The molecule has 0 atom stereocenters. The Morgan fingerprint density at radius 1 is 0.349 bits per heavy atom. The van der Waals surface area contributed by atoms with Crippen LogP contribution in [0.15, 0.2) is 160 Å². The molecule has 2 heterocycles. The third-order valence-electron chi connectivity index (χ3n) is 8.44. The van der Waals surface area contributed by atoms with E-state index in [2.05, 4.69) is 144 Å². The van der Waals surface area contributed by atoms with Crippen LogP contribution in [0.3, 0.4) is 0 Å². The highest BCUT2D eigenvalue weighted by atomic mass is 16.3. The number of para-hydroxylation sites is 2. The van der Waals surface area contributed by atoms with E-state index in [1.165, 1.54) is 21.9 Å². The van der Waals surface area contributed by atoms with E-state index >= 15 is 0 Å². The molecule has 0 unspecified atom stereocenters. The highest BCUT2D eigenvalue weighted by molar-refractivity contribution is 6.22. The first-order chi connectivity index (χ1) is 21.3. The minimum absolute atomic E-state index is 0.874. The van der Waals surface area contributed by atoms with Gasteiger partial charge in [0.15, 0.2) is 0 Å². The van der Waals surface area contributed by atoms with Crippen molar-refractivity contribution in [1.29, 1.82) is 0 Å². The maximum atomic E-state index is 6.53. The van der Waals surface area contributed by atoms with Crippen molar-refractivity contribution < 1.29 is 8.83 Å². The van der Waals surface area contributed by atoms with Crippen LogP contribution in [-0.2, 0) is 0 Å². The Kier molecular flexibility index (Phi) is 5.20. The van der Waals surface area contributed by atoms with Crippen LogP contribution >= 0.6 is 0 Å². The Morgan fingerprint density at radius 3 is 1.67 bits per heavy atom. The van der Waals surface area contributed by atoms with Gasteiger partial charge in [-0.15, -0.1) is 0 Å². The molecule has 0 radical (unpaired) electrons. The van der Waals surface area contributed by atoms with Gasteiger partial charge >= 0.3 is 0 Å². The summed E-state index contributed by atoms with van der Waals surface area (Å²) in [5.74, 6) is 0. The lowest BCUT2D eigenvalue weighted by Crippen LogP contribution is -2.09. The lowest BCUT2D eigenvalue weighted by molar-refractivity contribution is 0.669. The third-order valence-corrected chi connectivity index (χ3v) is 8.44. The maximum absolute atomic E-state index is 6.53. The quantitative estimate of drug-likeness (QED) is 0.218. The van der Waals surface area contributed by atoms with Gasteiger partial charge in [0.05, 0.1) is 0 Å². The summed E-state index contributed by atoms with van der Waals surface area (Å²) in [5, 5.41) is 6.85. The third kappa shape index (κ3) is 3.75. The summed E-state index contributed by atoms with van der Waals surface area (Å²) in [7, 11) is 0. The normalized spacial score (nSPS) is 11.7. The first-order valence-electron chi connectivity index (χ1n) is 14.5. The zero-order valence-electron chi connectivity index (χ0n) is 23.2. The summed E-state index contributed by atoms with van der Waals surface area (Å²) in [6.45, 7) is 0. The van der Waals surface area contributed by atoms with Gasteiger partial charge < -0.3 is 13.7 Å². The molecule has 0 aliphatic heterocycles. The topological polar surface area (TPSA) is 29.5 Å². The molecule has 9 aromatic rings. The minimum atomic E-state index is 0.874. The van der Waals surface area contributed by atoms with Crippen molar-refractivity contribution in [3.05, 3.63) is 152 Å². The van der Waals surface area contributed by atoms with Gasteiger partial charge in [0, 0.05) is 38.6 Å². The molecule has 0 bridgehead atoms. The lowest BCUT2D eigenvalue weighted by Gasteiger charge is -2.25. The SMILES string of the molecule is c1ccc(-c2cc3oc4ccc(N(c5ccccc5)c5ccc6oc7ccccc7c6c5)cc4c3c3ccccc23)cc1. The van der Waals surface area contributed by atoms with Crippen LogP contribution in [-0.4, -0.2) is 0 Å². The monoisotopic (exact) mass is 551 g/mol. The lowest BCUT2D eigenvalue weighted by atomic mass is 9.95. The fraction of sp³-hybridized carbons (Fsp3) is 0. The first-order valence-corrected chi connectivity index (χ1v) is 14.5. The van der Waals surface area contributed by atoms with Crippen molar-refractivity contribution in [2.24, 2.45) is 0 Å². The summed E-state index contributed by atoms with van der Waals surface area (Å²) >= 11 is 0. The van der Waals surface area contributed by atoms with Gasteiger partial charge in [-0.1, -0.05) is 91.0 Å². The fourth-order valence-corrected chi connectivity index (χ4v) is 6.50. The number of fused-ring (bicyclic) bond motifs is 8. The number of hydrogen-bond donors (Lipinski definition) is 0. The van der Waals surface area contributed by atoms with Crippen molar-refractivity contribution in [1.82, 2.24) is 0 Å². The molecular formula is C40H25NO2. The van der Waals surface area contributed by atoms with E-state index in [-0.39, 0.29) is 0 Å². The van der Waals surface area contributed by atoms with Crippen molar-refractivity contribution in [3.63, 3.8) is 0 Å². The zero-order chi connectivity index (χ0) is 28.3. The largest absolute Gasteiger partial charge is 0.456 e. The van der Waals surface area contributed by atoms with Crippen molar-refractivity contribution in [2.45, 2.75) is 0 Å². The predicted octanol–water partition coefficient (Wildman–Crippen LogP) is 11.8. The van der Waals surface area contributed by atoms with E-state index in [0.29, 0.717) is 0 Å². The molecule has 0 fully saturated rings. The number of furan rings is 2. The Bertz CT molecular complexity index is 2450. The van der Waals surface area contributed by atoms with E-state index in [9.17, 15) is 0 Å². The van der Waals surface area contributed by atoms with Crippen LogP contribution in [0.4, 0.5) is 17.1 Å². The molecule has 2 aromatic heterocycles. The standard InChI is InChI=1S/C40H25NO2/c1-3-11-26(12-4-1)33-25-39-40(32-17-8-7-15-30(32)33)35-24-29(20-22-38(35)43-39)41(27-13-5-2-6-14-27)28-19-21-37-34(23-28)31-16-9-10-18-36(31)42-37/h1-25H. The van der Waals surface area contributed by atoms with Crippen LogP contribution in [0.1, 0.15) is 0 Å². The first kappa shape index (κ1) is 23.9. The van der Waals surface area contributed by atoms with Gasteiger partial charge in [0.1, 0.15) is 22.3 Å². The van der Waals surface area contributed by atoms with Crippen molar-refractivity contribution in [2.75, 3.05) is 4.90 Å². The summed E-state index contributed by atoms with van der Waals surface area (Å²) in [6.07, 6.45) is 0. The molecule has 0 aliphatic rings. The van der Waals surface area contributed by atoms with E-state index < -0.39 is 0 Å². The van der Waals surface area contributed by atoms with E-state index in [1.807, 2.05) is 12.1 Å². The number of benzene rings is 7. The van der Waals surface area contributed by atoms with Gasteiger partial charge in [-0.2, -0.15) is 0 Å². The molecule has 43 heavy (non-hydrogen) atoms. The Balaban J connectivity index is 1.29. The van der Waals surface area contributed by atoms with Gasteiger partial charge in [0.25, 0.3) is 0 Å². The molecule has 7 aromatic carbocycles. The van der Waals surface area contributed by atoms with Gasteiger partial charge in [-0.05, 0) is 82.6 Å². The average Bonchev–Trinajstić information content (AvgIpc) is 3.63. The molecule has 0 saturated heterocycles.